The van der Waals surface area contributed by atoms with Crippen LogP contribution < -0.4 is 15.4 Å². The molecule has 0 aliphatic carbocycles. The van der Waals surface area contributed by atoms with Crippen LogP contribution in [0.15, 0.2) is 66.9 Å². The van der Waals surface area contributed by atoms with Gasteiger partial charge < -0.3 is 15.4 Å². The number of rotatable bonds is 8. The van der Waals surface area contributed by atoms with E-state index in [4.69, 9.17) is 16.3 Å². The average Bonchev–Trinajstić information content (AvgIpc) is 2.67. The third-order valence-corrected chi connectivity index (χ3v) is 4.04. The van der Waals surface area contributed by atoms with Crippen molar-refractivity contribution in [3.8, 4) is 5.75 Å². The molecule has 0 amide bonds. The van der Waals surface area contributed by atoms with Gasteiger partial charge in [-0.2, -0.15) is 4.98 Å². The van der Waals surface area contributed by atoms with E-state index in [2.05, 4.69) is 27.5 Å². The van der Waals surface area contributed by atoms with Gasteiger partial charge in [-0.1, -0.05) is 41.9 Å². The Morgan fingerprint density at radius 3 is 2.58 bits per heavy atom. The van der Waals surface area contributed by atoms with Gasteiger partial charge in [-0.05, 0) is 42.8 Å². The Morgan fingerprint density at radius 1 is 1.04 bits per heavy atom. The van der Waals surface area contributed by atoms with Crippen molar-refractivity contribution in [1.82, 2.24) is 9.97 Å². The number of ether oxygens (including phenoxy) is 1. The lowest BCUT2D eigenvalue weighted by Gasteiger charge is -2.15. The highest BCUT2D eigenvalue weighted by Gasteiger charge is 2.07. The van der Waals surface area contributed by atoms with E-state index >= 15 is 0 Å². The van der Waals surface area contributed by atoms with Crippen molar-refractivity contribution in [3.63, 3.8) is 0 Å². The van der Waals surface area contributed by atoms with E-state index in [1.165, 1.54) is 0 Å². The molecule has 5 nitrogen and oxygen atoms in total. The standard InChI is InChI=1S/C20H21ClN4O/c1-15(16-7-9-17(21)10-8-16)24-19-11-12-22-20(25-19)23-13-14-26-18-5-3-2-4-6-18/h2-12,15H,13-14H2,1H3,(H2,22,23,24,25). The maximum atomic E-state index is 5.94. The van der Waals surface area contributed by atoms with Gasteiger partial charge in [0.2, 0.25) is 5.95 Å². The second-order valence-corrected chi connectivity index (χ2v) is 6.21. The highest BCUT2D eigenvalue weighted by atomic mass is 35.5. The molecule has 0 fully saturated rings. The number of aromatic nitrogens is 2. The van der Waals surface area contributed by atoms with Gasteiger partial charge in [0.25, 0.3) is 0 Å². The molecule has 0 aliphatic rings. The van der Waals surface area contributed by atoms with Crippen LogP contribution in [0, 0.1) is 0 Å². The molecular formula is C20H21ClN4O. The molecule has 0 aliphatic heterocycles. The molecule has 1 aromatic heterocycles. The zero-order valence-electron chi connectivity index (χ0n) is 14.5. The Morgan fingerprint density at radius 2 is 1.81 bits per heavy atom. The number of halogens is 1. The normalized spacial score (nSPS) is 11.6. The number of nitrogens with one attached hydrogen (secondary N) is 2. The Hall–Kier alpha value is -2.79. The molecule has 2 aromatic carbocycles. The minimum absolute atomic E-state index is 0.108. The van der Waals surface area contributed by atoms with Gasteiger partial charge in [0, 0.05) is 17.3 Å². The summed E-state index contributed by atoms with van der Waals surface area (Å²) in [4.78, 5) is 8.73. The third kappa shape index (κ3) is 5.36. The van der Waals surface area contributed by atoms with Crippen molar-refractivity contribution in [1.29, 1.82) is 0 Å². The summed E-state index contributed by atoms with van der Waals surface area (Å²) in [5.41, 5.74) is 1.14. The van der Waals surface area contributed by atoms with E-state index < -0.39 is 0 Å². The molecule has 0 saturated heterocycles. The first-order valence-corrected chi connectivity index (χ1v) is 8.85. The molecule has 3 rings (SSSR count). The first kappa shape index (κ1) is 18.0. The number of para-hydroxylation sites is 1. The smallest absolute Gasteiger partial charge is 0.224 e. The number of hydrogen-bond acceptors (Lipinski definition) is 5. The Bertz CT molecular complexity index is 812. The van der Waals surface area contributed by atoms with Crippen LogP contribution in [0.25, 0.3) is 0 Å². The van der Waals surface area contributed by atoms with Gasteiger partial charge in [0.1, 0.15) is 18.2 Å². The van der Waals surface area contributed by atoms with Gasteiger partial charge in [-0.25, -0.2) is 4.98 Å². The molecule has 0 bridgehead atoms. The highest BCUT2D eigenvalue weighted by Crippen LogP contribution is 2.20. The average molecular weight is 369 g/mol. The Labute approximate surface area is 158 Å². The molecule has 134 valence electrons. The van der Waals surface area contributed by atoms with Gasteiger partial charge in [-0.15, -0.1) is 0 Å². The topological polar surface area (TPSA) is 59.1 Å². The van der Waals surface area contributed by atoms with Crippen LogP contribution in [-0.4, -0.2) is 23.1 Å². The maximum Gasteiger partial charge on any atom is 0.224 e. The van der Waals surface area contributed by atoms with E-state index in [-0.39, 0.29) is 6.04 Å². The van der Waals surface area contributed by atoms with Crippen LogP contribution in [0.5, 0.6) is 5.75 Å². The summed E-state index contributed by atoms with van der Waals surface area (Å²) in [6, 6.07) is 19.4. The monoisotopic (exact) mass is 368 g/mol. The first-order chi connectivity index (χ1) is 12.7. The van der Waals surface area contributed by atoms with Gasteiger partial charge in [-0.3, -0.25) is 0 Å². The predicted molar refractivity (Wildman–Crippen MR) is 106 cm³/mol. The zero-order chi connectivity index (χ0) is 18.2. The van der Waals surface area contributed by atoms with Crippen LogP contribution in [0.2, 0.25) is 5.02 Å². The molecule has 6 heteroatoms. The lowest BCUT2D eigenvalue weighted by Crippen LogP contribution is -2.14. The largest absolute Gasteiger partial charge is 0.492 e. The predicted octanol–water partition coefficient (Wildman–Crippen LogP) is 4.79. The third-order valence-electron chi connectivity index (χ3n) is 3.79. The summed E-state index contributed by atoms with van der Waals surface area (Å²) in [5, 5.41) is 7.27. The van der Waals surface area contributed by atoms with Crippen molar-refractivity contribution in [2.75, 3.05) is 23.8 Å². The summed E-state index contributed by atoms with van der Waals surface area (Å²) < 4.78 is 5.65. The van der Waals surface area contributed by atoms with Gasteiger partial charge in [0.05, 0.1) is 6.54 Å². The molecule has 0 radical (unpaired) electrons. The molecule has 3 aromatic rings. The second kappa shape index (κ2) is 9.06. The quantitative estimate of drug-likeness (QED) is 0.559. The number of anilines is 2. The van der Waals surface area contributed by atoms with E-state index in [1.807, 2.05) is 60.7 Å². The lowest BCUT2D eigenvalue weighted by molar-refractivity contribution is 0.332. The van der Waals surface area contributed by atoms with Crippen molar-refractivity contribution in [2.24, 2.45) is 0 Å². The first-order valence-electron chi connectivity index (χ1n) is 8.47. The number of nitrogens with zero attached hydrogens (tertiary/aromatic N) is 2. The Kier molecular flexibility index (Phi) is 6.28. The summed E-state index contributed by atoms with van der Waals surface area (Å²) >= 11 is 5.94. The molecule has 1 heterocycles. The molecule has 1 unspecified atom stereocenters. The summed E-state index contributed by atoms with van der Waals surface area (Å²) in [7, 11) is 0. The summed E-state index contributed by atoms with van der Waals surface area (Å²) in [5.74, 6) is 2.17. The van der Waals surface area contributed by atoms with Gasteiger partial charge >= 0.3 is 0 Å². The van der Waals surface area contributed by atoms with Crippen molar-refractivity contribution in [2.45, 2.75) is 13.0 Å². The second-order valence-electron chi connectivity index (χ2n) is 5.77. The Balaban J connectivity index is 1.50. The fraction of sp³-hybridized carbons (Fsp3) is 0.200. The summed E-state index contributed by atoms with van der Waals surface area (Å²) in [6.45, 7) is 3.23. The number of benzene rings is 2. The SMILES string of the molecule is CC(Nc1ccnc(NCCOc2ccccc2)n1)c1ccc(Cl)cc1. The molecule has 26 heavy (non-hydrogen) atoms. The molecular weight excluding hydrogens is 348 g/mol. The van der Waals surface area contributed by atoms with Crippen molar-refractivity contribution in [3.05, 3.63) is 77.4 Å². The van der Waals surface area contributed by atoms with Crippen LogP contribution in [0.1, 0.15) is 18.5 Å². The zero-order valence-corrected chi connectivity index (χ0v) is 15.3. The van der Waals surface area contributed by atoms with E-state index in [9.17, 15) is 0 Å². The molecule has 0 spiro atoms. The molecule has 2 N–H and O–H groups in total. The van der Waals surface area contributed by atoms with Crippen LogP contribution in [-0.2, 0) is 0 Å². The van der Waals surface area contributed by atoms with Crippen LogP contribution in [0.3, 0.4) is 0 Å². The minimum atomic E-state index is 0.108. The molecule has 0 saturated carbocycles. The number of hydrogen-bond donors (Lipinski definition) is 2. The van der Waals surface area contributed by atoms with E-state index in [0.29, 0.717) is 19.1 Å². The lowest BCUT2D eigenvalue weighted by atomic mass is 10.1. The van der Waals surface area contributed by atoms with Crippen LogP contribution in [0.4, 0.5) is 11.8 Å². The van der Waals surface area contributed by atoms with Gasteiger partial charge in [0.15, 0.2) is 0 Å². The highest BCUT2D eigenvalue weighted by molar-refractivity contribution is 6.30. The van der Waals surface area contributed by atoms with E-state index in [1.54, 1.807) is 6.20 Å². The fourth-order valence-corrected chi connectivity index (χ4v) is 2.56. The van der Waals surface area contributed by atoms with Crippen molar-refractivity contribution >= 4 is 23.4 Å². The molecule has 1 atom stereocenters. The minimum Gasteiger partial charge on any atom is -0.492 e. The van der Waals surface area contributed by atoms with E-state index in [0.717, 1.165) is 22.2 Å². The maximum absolute atomic E-state index is 5.94. The van der Waals surface area contributed by atoms with Crippen LogP contribution >= 0.6 is 11.6 Å². The van der Waals surface area contributed by atoms with Crippen molar-refractivity contribution < 1.29 is 4.74 Å². The fourth-order valence-electron chi connectivity index (χ4n) is 2.43. The summed E-state index contributed by atoms with van der Waals surface area (Å²) in [6.07, 6.45) is 1.73.